The van der Waals surface area contributed by atoms with Crippen molar-refractivity contribution in [1.82, 2.24) is 4.90 Å². The van der Waals surface area contributed by atoms with Gasteiger partial charge in [-0.3, -0.25) is 14.5 Å². The van der Waals surface area contributed by atoms with Crippen molar-refractivity contribution in [1.29, 1.82) is 0 Å². The molecule has 2 heterocycles. The minimum absolute atomic E-state index is 0.128. The fourth-order valence-electron chi connectivity index (χ4n) is 3.46. The standard InChI is InChI=1S/C19H26N2O4/c1-2-11-24-16-8-6-14(7-9-16)20-18(22)12-17-19(23)25-13-15-5-3-4-10-21(15)17/h6-9,15,17H,2-5,10-13H2,1H3,(H,20,22)/t15-,17+/m1/s1. The van der Waals surface area contributed by atoms with Crippen LogP contribution in [0.1, 0.15) is 39.0 Å². The number of nitrogens with one attached hydrogen (secondary N) is 1. The highest BCUT2D eigenvalue weighted by molar-refractivity contribution is 5.94. The fraction of sp³-hybridized carbons (Fsp3) is 0.579. The van der Waals surface area contributed by atoms with Crippen molar-refractivity contribution in [2.75, 3.05) is 25.1 Å². The maximum Gasteiger partial charge on any atom is 0.323 e. The molecule has 2 saturated heterocycles. The van der Waals surface area contributed by atoms with Crippen LogP contribution < -0.4 is 10.1 Å². The number of esters is 1. The van der Waals surface area contributed by atoms with Crippen LogP contribution >= 0.6 is 0 Å². The predicted octanol–water partition coefficient (Wildman–Crippen LogP) is 2.58. The van der Waals surface area contributed by atoms with Gasteiger partial charge in [0.15, 0.2) is 0 Å². The molecule has 2 fully saturated rings. The van der Waals surface area contributed by atoms with Gasteiger partial charge in [-0.2, -0.15) is 0 Å². The molecule has 1 aromatic rings. The van der Waals surface area contributed by atoms with E-state index in [4.69, 9.17) is 9.47 Å². The molecule has 0 saturated carbocycles. The smallest absolute Gasteiger partial charge is 0.323 e. The van der Waals surface area contributed by atoms with Crippen LogP contribution in [0.3, 0.4) is 0 Å². The van der Waals surface area contributed by atoms with E-state index >= 15 is 0 Å². The molecular weight excluding hydrogens is 320 g/mol. The lowest BCUT2D eigenvalue weighted by Crippen LogP contribution is -2.57. The highest BCUT2D eigenvalue weighted by Gasteiger charge is 2.40. The minimum Gasteiger partial charge on any atom is -0.494 e. The Morgan fingerprint density at radius 1 is 1.32 bits per heavy atom. The zero-order valence-corrected chi connectivity index (χ0v) is 14.7. The van der Waals surface area contributed by atoms with Gasteiger partial charge in [0.1, 0.15) is 18.4 Å². The summed E-state index contributed by atoms with van der Waals surface area (Å²) >= 11 is 0. The number of ether oxygens (including phenoxy) is 2. The first-order valence-electron chi connectivity index (χ1n) is 9.12. The van der Waals surface area contributed by atoms with E-state index in [2.05, 4.69) is 17.1 Å². The molecule has 1 aromatic carbocycles. The molecule has 6 nitrogen and oxygen atoms in total. The second kappa shape index (κ2) is 8.34. The quantitative estimate of drug-likeness (QED) is 0.802. The van der Waals surface area contributed by atoms with E-state index in [9.17, 15) is 9.59 Å². The lowest BCUT2D eigenvalue weighted by atomic mass is 9.97. The number of rotatable bonds is 6. The van der Waals surface area contributed by atoms with Gasteiger partial charge in [-0.1, -0.05) is 13.3 Å². The number of hydrogen-bond donors (Lipinski definition) is 1. The number of carbonyl (C=O) groups excluding carboxylic acids is 2. The van der Waals surface area contributed by atoms with E-state index < -0.39 is 6.04 Å². The third-order valence-electron chi connectivity index (χ3n) is 4.75. The summed E-state index contributed by atoms with van der Waals surface area (Å²) < 4.78 is 10.8. The summed E-state index contributed by atoms with van der Waals surface area (Å²) in [6, 6.07) is 7.09. The van der Waals surface area contributed by atoms with Crippen LogP contribution in [0, 0.1) is 0 Å². The highest BCUT2D eigenvalue weighted by Crippen LogP contribution is 2.26. The lowest BCUT2D eigenvalue weighted by molar-refractivity contribution is -0.165. The summed E-state index contributed by atoms with van der Waals surface area (Å²) in [6.45, 7) is 4.04. The lowest BCUT2D eigenvalue weighted by Gasteiger charge is -2.43. The molecule has 2 atom stereocenters. The summed E-state index contributed by atoms with van der Waals surface area (Å²) in [5, 5.41) is 2.86. The molecule has 0 bridgehead atoms. The largest absolute Gasteiger partial charge is 0.494 e. The molecule has 3 rings (SSSR count). The van der Waals surface area contributed by atoms with Gasteiger partial charge in [0.25, 0.3) is 0 Å². The van der Waals surface area contributed by atoms with Gasteiger partial charge in [-0.25, -0.2) is 0 Å². The number of cyclic esters (lactones) is 1. The molecule has 0 radical (unpaired) electrons. The Hall–Kier alpha value is -2.08. The molecular formula is C19H26N2O4. The molecule has 136 valence electrons. The Labute approximate surface area is 148 Å². The third kappa shape index (κ3) is 4.51. The van der Waals surface area contributed by atoms with E-state index in [0.717, 1.165) is 38.0 Å². The maximum absolute atomic E-state index is 12.4. The molecule has 0 spiro atoms. The zero-order chi connectivity index (χ0) is 17.6. The SMILES string of the molecule is CCCOc1ccc(NC(=O)C[C@H]2C(=O)OC[C@H]3CCCCN32)cc1. The molecule has 2 aliphatic heterocycles. The number of nitrogens with zero attached hydrogens (tertiary/aromatic N) is 1. The monoisotopic (exact) mass is 346 g/mol. The Bertz CT molecular complexity index is 602. The first-order valence-corrected chi connectivity index (χ1v) is 9.12. The van der Waals surface area contributed by atoms with Crippen LogP contribution in [-0.2, 0) is 14.3 Å². The van der Waals surface area contributed by atoms with Crippen LogP contribution in [0.5, 0.6) is 5.75 Å². The highest BCUT2D eigenvalue weighted by atomic mass is 16.5. The van der Waals surface area contributed by atoms with Crippen molar-refractivity contribution in [3.8, 4) is 5.75 Å². The Morgan fingerprint density at radius 2 is 2.12 bits per heavy atom. The maximum atomic E-state index is 12.4. The van der Waals surface area contributed by atoms with Crippen molar-refractivity contribution in [3.63, 3.8) is 0 Å². The van der Waals surface area contributed by atoms with Gasteiger partial charge < -0.3 is 14.8 Å². The van der Waals surface area contributed by atoms with Gasteiger partial charge in [0.05, 0.1) is 13.0 Å². The molecule has 0 unspecified atom stereocenters. The number of morpholine rings is 1. The van der Waals surface area contributed by atoms with Crippen LogP contribution in [-0.4, -0.2) is 48.6 Å². The Balaban J connectivity index is 1.56. The average Bonchev–Trinajstić information content (AvgIpc) is 2.63. The molecule has 0 aromatic heterocycles. The predicted molar refractivity (Wildman–Crippen MR) is 94.6 cm³/mol. The molecule has 0 aliphatic carbocycles. The number of piperidine rings is 1. The Kier molecular flexibility index (Phi) is 5.91. The molecule has 6 heteroatoms. The molecule has 25 heavy (non-hydrogen) atoms. The van der Waals surface area contributed by atoms with Crippen LogP contribution in [0.15, 0.2) is 24.3 Å². The minimum atomic E-state index is -0.466. The molecule has 2 aliphatic rings. The van der Waals surface area contributed by atoms with E-state index in [1.165, 1.54) is 0 Å². The van der Waals surface area contributed by atoms with Gasteiger partial charge >= 0.3 is 5.97 Å². The molecule has 1 N–H and O–H groups in total. The number of carbonyl (C=O) groups is 2. The summed E-state index contributed by atoms with van der Waals surface area (Å²) in [5.41, 5.74) is 0.702. The number of fused-ring (bicyclic) bond motifs is 1. The summed E-state index contributed by atoms with van der Waals surface area (Å²) in [5.74, 6) is 0.332. The fourth-order valence-corrected chi connectivity index (χ4v) is 3.46. The zero-order valence-electron chi connectivity index (χ0n) is 14.7. The van der Waals surface area contributed by atoms with Gasteiger partial charge in [0.2, 0.25) is 5.91 Å². The van der Waals surface area contributed by atoms with Crippen molar-refractivity contribution in [2.45, 2.75) is 51.1 Å². The second-order valence-electron chi connectivity index (χ2n) is 6.66. The number of amides is 1. The van der Waals surface area contributed by atoms with E-state index in [0.29, 0.717) is 18.9 Å². The average molecular weight is 346 g/mol. The van der Waals surface area contributed by atoms with Crippen LogP contribution in [0.25, 0.3) is 0 Å². The second-order valence-corrected chi connectivity index (χ2v) is 6.66. The van der Waals surface area contributed by atoms with Crippen molar-refractivity contribution < 1.29 is 19.1 Å². The third-order valence-corrected chi connectivity index (χ3v) is 4.75. The normalized spacial score (nSPS) is 23.5. The number of benzene rings is 1. The molecule has 1 amide bonds. The van der Waals surface area contributed by atoms with Crippen molar-refractivity contribution >= 4 is 17.6 Å². The first kappa shape index (κ1) is 17.7. The van der Waals surface area contributed by atoms with Gasteiger partial charge in [-0.05, 0) is 50.1 Å². The summed E-state index contributed by atoms with van der Waals surface area (Å²) in [7, 11) is 0. The van der Waals surface area contributed by atoms with Crippen molar-refractivity contribution in [3.05, 3.63) is 24.3 Å². The number of anilines is 1. The Morgan fingerprint density at radius 3 is 2.88 bits per heavy atom. The topological polar surface area (TPSA) is 67.9 Å². The first-order chi connectivity index (χ1) is 12.2. The summed E-state index contributed by atoms with van der Waals surface area (Å²) in [4.78, 5) is 26.7. The van der Waals surface area contributed by atoms with Gasteiger partial charge in [-0.15, -0.1) is 0 Å². The number of hydrogen-bond acceptors (Lipinski definition) is 5. The van der Waals surface area contributed by atoms with Crippen LogP contribution in [0.4, 0.5) is 5.69 Å². The van der Waals surface area contributed by atoms with Gasteiger partial charge in [0, 0.05) is 11.7 Å². The van der Waals surface area contributed by atoms with E-state index in [-0.39, 0.29) is 24.3 Å². The van der Waals surface area contributed by atoms with Crippen molar-refractivity contribution in [2.24, 2.45) is 0 Å². The van der Waals surface area contributed by atoms with Crippen LogP contribution in [0.2, 0.25) is 0 Å². The van der Waals surface area contributed by atoms with E-state index in [1.54, 1.807) is 0 Å². The van der Waals surface area contributed by atoms with E-state index in [1.807, 2.05) is 24.3 Å². The summed E-state index contributed by atoms with van der Waals surface area (Å²) in [6.07, 6.45) is 4.34.